The lowest BCUT2D eigenvalue weighted by atomic mass is 10.2. The Morgan fingerprint density at radius 2 is 1.76 bits per heavy atom. The molecule has 2 rings (SSSR count). The summed E-state index contributed by atoms with van der Waals surface area (Å²) < 4.78 is 16.7. The predicted molar refractivity (Wildman–Crippen MR) is 83.6 cm³/mol. The van der Waals surface area contributed by atoms with Gasteiger partial charge in [0.05, 0.1) is 19.8 Å². The molecule has 0 saturated carbocycles. The molecule has 0 aromatic heterocycles. The van der Waals surface area contributed by atoms with Crippen LogP contribution in [0, 0.1) is 0 Å². The molecule has 0 fully saturated rings. The van der Waals surface area contributed by atoms with Crippen molar-refractivity contribution in [2.45, 2.75) is 13.5 Å². The van der Waals surface area contributed by atoms with Crippen molar-refractivity contribution in [2.75, 3.05) is 25.6 Å². The van der Waals surface area contributed by atoms with Crippen LogP contribution in [0.5, 0.6) is 11.5 Å². The number of nitrogens with two attached hydrogens (primary N) is 1. The van der Waals surface area contributed by atoms with E-state index in [4.69, 9.17) is 19.9 Å². The molecule has 0 spiro atoms. The lowest BCUT2D eigenvalue weighted by molar-refractivity contribution is 0.0873. The van der Waals surface area contributed by atoms with Crippen LogP contribution in [-0.4, -0.2) is 19.8 Å². The molecule has 0 bridgehead atoms. The number of rotatable bonds is 8. The fourth-order valence-electron chi connectivity index (χ4n) is 1.93. The fraction of sp³-hybridized carbons (Fsp3) is 0.294. The summed E-state index contributed by atoms with van der Waals surface area (Å²) in [6, 6.07) is 15.3. The minimum Gasteiger partial charge on any atom is -0.494 e. The van der Waals surface area contributed by atoms with Gasteiger partial charge in [-0.1, -0.05) is 18.2 Å². The topological polar surface area (TPSA) is 53.7 Å². The lowest BCUT2D eigenvalue weighted by Gasteiger charge is -2.12. The molecule has 4 heteroatoms. The molecule has 0 heterocycles. The van der Waals surface area contributed by atoms with E-state index in [1.165, 1.54) is 0 Å². The predicted octanol–water partition coefficient (Wildman–Crippen LogP) is 3.26. The summed E-state index contributed by atoms with van der Waals surface area (Å²) in [6.07, 6.45) is 0. The molecule has 21 heavy (non-hydrogen) atoms. The third-order valence-electron chi connectivity index (χ3n) is 2.88. The minimum atomic E-state index is 0.457. The summed E-state index contributed by atoms with van der Waals surface area (Å²) in [6.45, 7) is 4.05. The van der Waals surface area contributed by atoms with E-state index in [9.17, 15) is 0 Å². The third-order valence-corrected chi connectivity index (χ3v) is 2.88. The van der Waals surface area contributed by atoms with E-state index >= 15 is 0 Å². The molecular weight excluding hydrogens is 266 g/mol. The van der Waals surface area contributed by atoms with Crippen LogP contribution in [0.25, 0.3) is 0 Å². The van der Waals surface area contributed by atoms with Gasteiger partial charge in [-0.15, -0.1) is 0 Å². The van der Waals surface area contributed by atoms with E-state index in [1.807, 2.05) is 55.5 Å². The SMILES string of the molecule is CCOc1ccc(N)cc1COCCOc1ccccc1. The molecule has 0 radical (unpaired) electrons. The summed E-state index contributed by atoms with van der Waals surface area (Å²) >= 11 is 0. The Hall–Kier alpha value is -2.20. The monoisotopic (exact) mass is 287 g/mol. The first-order valence-electron chi connectivity index (χ1n) is 7.06. The van der Waals surface area contributed by atoms with Crippen LogP contribution in [-0.2, 0) is 11.3 Å². The molecule has 112 valence electrons. The highest BCUT2D eigenvalue weighted by Crippen LogP contribution is 2.22. The molecule has 0 atom stereocenters. The Balaban J connectivity index is 1.76. The summed E-state index contributed by atoms with van der Waals surface area (Å²) in [5.74, 6) is 1.66. The van der Waals surface area contributed by atoms with E-state index in [0.717, 1.165) is 17.1 Å². The van der Waals surface area contributed by atoms with Crippen LogP contribution >= 0.6 is 0 Å². The van der Waals surface area contributed by atoms with Crippen molar-refractivity contribution in [3.05, 3.63) is 54.1 Å². The molecule has 0 saturated heterocycles. The zero-order valence-corrected chi connectivity index (χ0v) is 12.2. The maximum atomic E-state index is 5.79. The highest BCUT2D eigenvalue weighted by atomic mass is 16.5. The maximum Gasteiger partial charge on any atom is 0.124 e. The van der Waals surface area contributed by atoms with Gasteiger partial charge in [-0.2, -0.15) is 0 Å². The molecule has 0 aliphatic heterocycles. The molecule has 0 aliphatic rings. The molecule has 0 aliphatic carbocycles. The Bertz CT molecular complexity index is 543. The summed E-state index contributed by atoms with van der Waals surface area (Å²) in [7, 11) is 0. The van der Waals surface area contributed by atoms with E-state index in [-0.39, 0.29) is 0 Å². The Kier molecular flexibility index (Phi) is 5.91. The number of hydrogen-bond donors (Lipinski definition) is 1. The van der Waals surface area contributed by atoms with Gasteiger partial charge < -0.3 is 19.9 Å². The first-order valence-corrected chi connectivity index (χ1v) is 7.06. The van der Waals surface area contributed by atoms with Crippen molar-refractivity contribution in [3.63, 3.8) is 0 Å². The second kappa shape index (κ2) is 8.17. The number of nitrogen functional groups attached to an aromatic ring is 1. The summed E-state index contributed by atoms with van der Waals surface area (Å²) in [5, 5.41) is 0. The molecule has 0 unspecified atom stereocenters. The molecule has 2 N–H and O–H groups in total. The van der Waals surface area contributed by atoms with Gasteiger partial charge in [0.25, 0.3) is 0 Å². The van der Waals surface area contributed by atoms with Crippen molar-refractivity contribution in [1.82, 2.24) is 0 Å². The van der Waals surface area contributed by atoms with E-state index in [2.05, 4.69) is 0 Å². The van der Waals surface area contributed by atoms with Crippen LogP contribution in [0.15, 0.2) is 48.5 Å². The second-order valence-electron chi connectivity index (χ2n) is 4.51. The Morgan fingerprint density at radius 3 is 2.52 bits per heavy atom. The van der Waals surface area contributed by atoms with Crippen LogP contribution in [0.2, 0.25) is 0 Å². The minimum absolute atomic E-state index is 0.457. The van der Waals surface area contributed by atoms with Crippen LogP contribution in [0.3, 0.4) is 0 Å². The van der Waals surface area contributed by atoms with Gasteiger partial charge in [-0.05, 0) is 37.3 Å². The van der Waals surface area contributed by atoms with Gasteiger partial charge in [-0.3, -0.25) is 0 Å². The smallest absolute Gasteiger partial charge is 0.124 e. The number of benzene rings is 2. The third kappa shape index (κ3) is 5.00. The molecule has 2 aromatic carbocycles. The van der Waals surface area contributed by atoms with Crippen molar-refractivity contribution in [1.29, 1.82) is 0 Å². The van der Waals surface area contributed by atoms with Crippen molar-refractivity contribution in [3.8, 4) is 11.5 Å². The zero-order chi connectivity index (χ0) is 14.9. The molecular formula is C17H21NO3. The Labute approximate surface area is 125 Å². The number of anilines is 1. The fourth-order valence-corrected chi connectivity index (χ4v) is 1.93. The van der Waals surface area contributed by atoms with Gasteiger partial charge in [0.1, 0.15) is 18.1 Å². The first kappa shape index (κ1) is 15.2. The van der Waals surface area contributed by atoms with E-state index in [1.54, 1.807) is 0 Å². The summed E-state index contributed by atoms with van der Waals surface area (Å²) in [4.78, 5) is 0. The maximum absolute atomic E-state index is 5.79. The molecule has 2 aromatic rings. The van der Waals surface area contributed by atoms with Gasteiger partial charge >= 0.3 is 0 Å². The largest absolute Gasteiger partial charge is 0.494 e. The van der Waals surface area contributed by atoms with Gasteiger partial charge in [-0.25, -0.2) is 0 Å². The van der Waals surface area contributed by atoms with E-state index in [0.29, 0.717) is 32.1 Å². The lowest BCUT2D eigenvalue weighted by Crippen LogP contribution is -2.07. The number of ether oxygens (including phenoxy) is 3. The summed E-state index contributed by atoms with van der Waals surface area (Å²) in [5.41, 5.74) is 7.46. The van der Waals surface area contributed by atoms with Crippen molar-refractivity contribution >= 4 is 5.69 Å². The van der Waals surface area contributed by atoms with Crippen LogP contribution < -0.4 is 15.2 Å². The van der Waals surface area contributed by atoms with Crippen molar-refractivity contribution in [2.24, 2.45) is 0 Å². The molecule has 4 nitrogen and oxygen atoms in total. The van der Waals surface area contributed by atoms with Gasteiger partial charge in [0.2, 0.25) is 0 Å². The number of para-hydroxylation sites is 1. The average molecular weight is 287 g/mol. The zero-order valence-electron chi connectivity index (χ0n) is 12.2. The average Bonchev–Trinajstić information content (AvgIpc) is 2.51. The van der Waals surface area contributed by atoms with Crippen molar-refractivity contribution < 1.29 is 14.2 Å². The highest BCUT2D eigenvalue weighted by molar-refractivity contribution is 5.47. The second-order valence-corrected chi connectivity index (χ2v) is 4.51. The van der Waals surface area contributed by atoms with Crippen LogP contribution in [0.1, 0.15) is 12.5 Å². The first-order chi connectivity index (χ1) is 10.3. The van der Waals surface area contributed by atoms with Gasteiger partial charge in [0, 0.05) is 11.3 Å². The van der Waals surface area contributed by atoms with Gasteiger partial charge in [0.15, 0.2) is 0 Å². The molecule has 0 amide bonds. The normalized spacial score (nSPS) is 10.3. The quantitative estimate of drug-likeness (QED) is 0.598. The number of hydrogen-bond acceptors (Lipinski definition) is 4. The highest BCUT2D eigenvalue weighted by Gasteiger charge is 2.04. The Morgan fingerprint density at radius 1 is 0.952 bits per heavy atom. The standard InChI is InChI=1S/C17H21NO3/c1-2-20-17-9-8-15(18)12-14(17)13-19-10-11-21-16-6-4-3-5-7-16/h3-9,12H,2,10-11,13,18H2,1H3. The van der Waals surface area contributed by atoms with E-state index < -0.39 is 0 Å². The van der Waals surface area contributed by atoms with Crippen LogP contribution in [0.4, 0.5) is 5.69 Å².